The molecular weight excluding hydrogens is 312 g/mol. The van der Waals surface area contributed by atoms with Crippen LogP contribution in [-0.4, -0.2) is 6.04 Å². The van der Waals surface area contributed by atoms with E-state index in [0.717, 1.165) is 5.56 Å². The zero-order chi connectivity index (χ0) is 14.8. The molecule has 2 aromatic carbocycles. The second kappa shape index (κ2) is 6.22. The van der Waals surface area contributed by atoms with Crippen LogP contribution in [0.1, 0.15) is 18.4 Å². The summed E-state index contributed by atoms with van der Waals surface area (Å²) in [6, 6.07) is 10.4. The van der Waals surface area contributed by atoms with Gasteiger partial charge in [0.1, 0.15) is 5.75 Å². The molecule has 0 unspecified atom stereocenters. The highest BCUT2D eigenvalue weighted by Gasteiger charge is 2.20. The SMILES string of the molecule is Fc1cc(CNC2CC2)ccc1Oc1ccc(Cl)cc1Cl. The van der Waals surface area contributed by atoms with E-state index in [-0.39, 0.29) is 5.75 Å². The van der Waals surface area contributed by atoms with Gasteiger partial charge in [0.05, 0.1) is 5.02 Å². The first kappa shape index (κ1) is 14.6. The highest BCUT2D eigenvalue weighted by atomic mass is 35.5. The first-order valence-corrected chi connectivity index (χ1v) is 7.52. The van der Waals surface area contributed by atoms with Crippen molar-refractivity contribution in [3.63, 3.8) is 0 Å². The Kier molecular flexibility index (Phi) is 4.34. The maximum Gasteiger partial charge on any atom is 0.166 e. The Morgan fingerprint density at radius 2 is 1.86 bits per heavy atom. The third-order valence-corrected chi connectivity index (χ3v) is 3.81. The first-order chi connectivity index (χ1) is 10.1. The highest BCUT2D eigenvalue weighted by molar-refractivity contribution is 6.35. The first-order valence-electron chi connectivity index (χ1n) is 6.76. The van der Waals surface area contributed by atoms with E-state index in [4.69, 9.17) is 27.9 Å². The fourth-order valence-corrected chi connectivity index (χ4v) is 2.41. The van der Waals surface area contributed by atoms with Crippen LogP contribution in [0.25, 0.3) is 0 Å². The summed E-state index contributed by atoms with van der Waals surface area (Å²) in [5.41, 5.74) is 0.897. The number of hydrogen-bond acceptors (Lipinski definition) is 2. The molecule has 21 heavy (non-hydrogen) atoms. The molecule has 1 fully saturated rings. The van der Waals surface area contributed by atoms with Crippen molar-refractivity contribution in [2.45, 2.75) is 25.4 Å². The fourth-order valence-electron chi connectivity index (χ4n) is 1.96. The molecule has 5 heteroatoms. The monoisotopic (exact) mass is 325 g/mol. The highest BCUT2D eigenvalue weighted by Crippen LogP contribution is 2.33. The molecule has 0 bridgehead atoms. The summed E-state index contributed by atoms with van der Waals surface area (Å²) in [7, 11) is 0. The van der Waals surface area contributed by atoms with E-state index in [1.165, 1.54) is 18.9 Å². The number of rotatable bonds is 5. The van der Waals surface area contributed by atoms with Crippen LogP contribution in [0.4, 0.5) is 4.39 Å². The largest absolute Gasteiger partial charge is 0.453 e. The average molecular weight is 326 g/mol. The van der Waals surface area contributed by atoms with Gasteiger partial charge in [-0.3, -0.25) is 0 Å². The molecule has 0 aliphatic heterocycles. The van der Waals surface area contributed by atoms with Crippen molar-refractivity contribution in [1.29, 1.82) is 0 Å². The van der Waals surface area contributed by atoms with E-state index in [1.807, 2.05) is 6.07 Å². The molecule has 2 aromatic rings. The second-order valence-electron chi connectivity index (χ2n) is 5.10. The van der Waals surface area contributed by atoms with Gasteiger partial charge < -0.3 is 10.1 Å². The van der Waals surface area contributed by atoms with Crippen LogP contribution in [0.3, 0.4) is 0 Å². The summed E-state index contributed by atoms with van der Waals surface area (Å²) in [6.45, 7) is 0.670. The van der Waals surface area contributed by atoms with Crippen LogP contribution in [0.15, 0.2) is 36.4 Å². The molecule has 0 aromatic heterocycles. The molecule has 3 rings (SSSR count). The minimum atomic E-state index is -0.406. The quantitative estimate of drug-likeness (QED) is 0.818. The van der Waals surface area contributed by atoms with Crippen molar-refractivity contribution in [2.75, 3.05) is 0 Å². The Morgan fingerprint density at radius 1 is 1.10 bits per heavy atom. The van der Waals surface area contributed by atoms with Crippen LogP contribution in [0, 0.1) is 5.82 Å². The van der Waals surface area contributed by atoms with E-state index in [9.17, 15) is 4.39 Å². The van der Waals surface area contributed by atoms with E-state index >= 15 is 0 Å². The molecular formula is C16H14Cl2FNO. The lowest BCUT2D eigenvalue weighted by Gasteiger charge is -2.10. The van der Waals surface area contributed by atoms with Crippen LogP contribution in [-0.2, 0) is 6.54 Å². The van der Waals surface area contributed by atoms with Crippen LogP contribution in [0.2, 0.25) is 10.0 Å². The predicted molar refractivity (Wildman–Crippen MR) is 82.8 cm³/mol. The summed E-state index contributed by atoms with van der Waals surface area (Å²) in [6.07, 6.45) is 2.41. The third kappa shape index (κ3) is 3.88. The molecule has 0 atom stereocenters. The van der Waals surface area contributed by atoms with Gasteiger partial charge in [-0.1, -0.05) is 29.3 Å². The van der Waals surface area contributed by atoms with Gasteiger partial charge in [0.25, 0.3) is 0 Å². The summed E-state index contributed by atoms with van der Waals surface area (Å²) in [5, 5.41) is 4.20. The summed E-state index contributed by atoms with van der Waals surface area (Å²) >= 11 is 11.8. The smallest absolute Gasteiger partial charge is 0.166 e. The normalized spacial score (nSPS) is 14.2. The van der Waals surface area contributed by atoms with Gasteiger partial charge in [-0.25, -0.2) is 4.39 Å². The minimum Gasteiger partial charge on any atom is -0.453 e. The number of halogens is 3. The topological polar surface area (TPSA) is 21.3 Å². The Labute approximate surface area is 132 Å². The lowest BCUT2D eigenvalue weighted by Crippen LogP contribution is -2.15. The van der Waals surface area contributed by atoms with Gasteiger partial charge in [-0.05, 0) is 48.7 Å². The maximum atomic E-state index is 14.1. The van der Waals surface area contributed by atoms with Crippen LogP contribution < -0.4 is 10.1 Å². The predicted octanol–water partition coefficient (Wildman–Crippen LogP) is 5.18. The molecule has 0 amide bonds. The second-order valence-corrected chi connectivity index (χ2v) is 5.94. The van der Waals surface area contributed by atoms with Crippen molar-refractivity contribution < 1.29 is 9.13 Å². The molecule has 1 saturated carbocycles. The Morgan fingerprint density at radius 3 is 2.52 bits per heavy atom. The molecule has 110 valence electrons. The summed E-state index contributed by atoms with van der Waals surface area (Å²) in [5.74, 6) is 0.120. The minimum absolute atomic E-state index is 0.148. The zero-order valence-corrected chi connectivity index (χ0v) is 12.7. The lowest BCUT2D eigenvalue weighted by molar-refractivity contribution is 0.441. The molecule has 1 aliphatic carbocycles. The van der Waals surface area contributed by atoms with E-state index in [0.29, 0.717) is 28.4 Å². The zero-order valence-electron chi connectivity index (χ0n) is 11.2. The third-order valence-electron chi connectivity index (χ3n) is 3.28. The van der Waals surface area contributed by atoms with Crippen LogP contribution in [0.5, 0.6) is 11.5 Å². The standard InChI is InChI=1S/C16H14Cl2FNO/c17-11-2-6-15(13(18)8-11)21-16-5-1-10(7-14(16)19)9-20-12-3-4-12/h1-2,5-8,12,20H,3-4,9H2. The summed E-state index contributed by atoms with van der Waals surface area (Å²) in [4.78, 5) is 0. The average Bonchev–Trinajstić information content (AvgIpc) is 3.26. The van der Waals surface area contributed by atoms with Crippen molar-refractivity contribution in [3.05, 3.63) is 57.8 Å². The van der Waals surface area contributed by atoms with E-state index < -0.39 is 5.82 Å². The molecule has 0 radical (unpaired) electrons. The van der Waals surface area contributed by atoms with E-state index in [2.05, 4.69) is 5.32 Å². The molecule has 1 aliphatic rings. The Bertz CT molecular complexity index is 659. The van der Waals surface area contributed by atoms with Crippen LogP contribution >= 0.6 is 23.2 Å². The number of nitrogens with one attached hydrogen (secondary N) is 1. The van der Waals surface area contributed by atoms with Crippen molar-refractivity contribution in [1.82, 2.24) is 5.32 Å². The van der Waals surface area contributed by atoms with Gasteiger partial charge >= 0.3 is 0 Å². The number of hydrogen-bond donors (Lipinski definition) is 1. The number of benzene rings is 2. The maximum absolute atomic E-state index is 14.1. The van der Waals surface area contributed by atoms with Gasteiger partial charge in [-0.15, -0.1) is 0 Å². The van der Waals surface area contributed by atoms with Gasteiger partial charge in [0.15, 0.2) is 11.6 Å². The van der Waals surface area contributed by atoms with Crippen molar-refractivity contribution >= 4 is 23.2 Å². The summed E-state index contributed by atoms with van der Waals surface area (Å²) < 4.78 is 19.6. The van der Waals surface area contributed by atoms with Gasteiger partial charge in [0, 0.05) is 17.6 Å². The number of ether oxygens (including phenoxy) is 1. The fraction of sp³-hybridized carbons (Fsp3) is 0.250. The molecule has 2 nitrogen and oxygen atoms in total. The molecule has 0 heterocycles. The molecule has 1 N–H and O–H groups in total. The van der Waals surface area contributed by atoms with Crippen molar-refractivity contribution in [3.8, 4) is 11.5 Å². The van der Waals surface area contributed by atoms with E-state index in [1.54, 1.807) is 24.3 Å². The van der Waals surface area contributed by atoms with Gasteiger partial charge in [0.2, 0.25) is 0 Å². The molecule has 0 spiro atoms. The van der Waals surface area contributed by atoms with Gasteiger partial charge in [-0.2, -0.15) is 0 Å². The Hall–Kier alpha value is -1.29. The molecule has 0 saturated heterocycles. The lowest BCUT2D eigenvalue weighted by atomic mass is 10.2. The Balaban J connectivity index is 1.72. The van der Waals surface area contributed by atoms with Crippen molar-refractivity contribution in [2.24, 2.45) is 0 Å².